The lowest BCUT2D eigenvalue weighted by molar-refractivity contribution is 0.00759. The van der Waals surface area contributed by atoms with E-state index in [1.807, 2.05) is 0 Å². The maximum absolute atomic E-state index is 13.1. The minimum atomic E-state index is -4.02. The molecule has 0 aliphatic heterocycles. The Morgan fingerprint density at radius 2 is 2.10 bits per heavy atom. The lowest BCUT2D eigenvalue weighted by Crippen LogP contribution is -2.34. The van der Waals surface area contributed by atoms with Crippen LogP contribution < -0.4 is 4.72 Å². The summed E-state index contributed by atoms with van der Waals surface area (Å²) in [6.45, 7) is 0. The van der Waals surface area contributed by atoms with Crippen LogP contribution >= 0.6 is 11.6 Å². The van der Waals surface area contributed by atoms with Gasteiger partial charge in [0.15, 0.2) is 0 Å². The molecule has 5 nitrogen and oxygen atoms in total. The third kappa shape index (κ3) is 3.69. The molecule has 116 valence electrons. The zero-order valence-electron chi connectivity index (χ0n) is 10.6. The highest BCUT2D eigenvalue weighted by atomic mass is 35.5. The van der Waals surface area contributed by atoms with Crippen molar-refractivity contribution in [2.24, 2.45) is 0 Å². The fourth-order valence-corrected chi connectivity index (χ4v) is 3.80. The van der Waals surface area contributed by atoms with E-state index in [1.165, 1.54) is 0 Å². The van der Waals surface area contributed by atoms with Crippen LogP contribution in [0.4, 0.5) is 8.78 Å². The summed E-state index contributed by atoms with van der Waals surface area (Å²) in [6, 6.07) is 2.27. The van der Waals surface area contributed by atoms with Crippen molar-refractivity contribution in [1.82, 2.24) is 4.72 Å². The second kappa shape index (κ2) is 5.51. The smallest absolute Gasteiger partial charge is 0.337 e. The summed E-state index contributed by atoms with van der Waals surface area (Å²) in [5.74, 6) is -4.15. The number of hydrogen-bond donors (Lipinski definition) is 2. The summed E-state index contributed by atoms with van der Waals surface area (Å²) in [5.41, 5.74) is -0.233. The van der Waals surface area contributed by atoms with E-state index in [1.54, 1.807) is 0 Å². The molecule has 0 saturated heterocycles. The SMILES string of the molecule is O=C(O)c1ccc(S(=O)(=O)NC2CCC(F)(F)C2)cc1Cl. The molecule has 1 aliphatic rings. The normalized spacial score (nSPS) is 21.4. The van der Waals surface area contributed by atoms with E-state index in [4.69, 9.17) is 16.7 Å². The number of alkyl halides is 2. The topological polar surface area (TPSA) is 83.5 Å². The Hall–Kier alpha value is -1.25. The molecule has 1 aromatic carbocycles. The molecule has 2 N–H and O–H groups in total. The molecule has 9 heteroatoms. The Morgan fingerprint density at radius 3 is 2.57 bits per heavy atom. The Bertz CT molecular complexity index is 678. The number of halogens is 3. The van der Waals surface area contributed by atoms with Crippen molar-refractivity contribution in [1.29, 1.82) is 0 Å². The molecule has 2 rings (SSSR count). The van der Waals surface area contributed by atoms with Crippen LogP contribution in [0, 0.1) is 0 Å². The fourth-order valence-electron chi connectivity index (χ4n) is 2.17. The largest absolute Gasteiger partial charge is 0.478 e. The van der Waals surface area contributed by atoms with E-state index >= 15 is 0 Å². The molecule has 0 spiro atoms. The van der Waals surface area contributed by atoms with Gasteiger partial charge in [0.1, 0.15) is 0 Å². The summed E-state index contributed by atoms with van der Waals surface area (Å²) >= 11 is 5.70. The number of hydrogen-bond acceptors (Lipinski definition) is 3. The molecule has 0 heterocycles. The number of carboxylic acid groups (broad SMARTS) is 1. The quantitative estimate of drug-likeness (QED) is 0.882. The molecule has 1 atom stereocenters. The second-order valence-electron chi connectivity index (χ2n) is 4.86. The monoisotopic (exact) mass is 339 g/mol. The predicted octanol–water partition coefficient (Wildman–Crippen LogP) is 2.50. The Kier molecular flexibility index (Phi) is 4.23. The van der Waals surface area contributed by atoms with Gasteiger partial charge >= 0.3 is 5.97 Å². The van der Waals surface area contributed by atoms with E-state index < -0.39 is 34.4 Å². The molecule has 1 saturated carbocycles. The molecular weight excluding hydrogens is 328 g/mol. The van der Waals surface area contributed by atoms with Crippen LogP contribution in [-0.4, -0.2) is 31.5 Å². The molecule has 1 aromatic rings. The maximum atomic E-state index is 13.1. The van der Waals surface area contributed by atoms with E-state index in [0.717, 1.165) is 18.2 Å². The first-order valence-electron chi connectivity index (χ1n) is 6.04. The minimum Gasteiger partial charge on any atom is -0.478 e. The number of aromatic carboxylic acids is 1. The molecule has 0 aromatic heterocycles. The van der Waals surface area contributed by atoms with Gasteiger partial charge in [-0.2, -0.15) is 0 Å². The number of carbonyl (C=O) groups is 1. The van der Waals surface area contributed by atoms with Crippen LogP contribution in [0.5, 0.6) is 0 Å². The maximum Gasteiger partial charge on any atom is 0.337 e. The van der Waals surface area contributed by atoms with Crippen molar-refractivity contribution < 1.29 is 27.1 Å². The van der Waals surface area contributed by atoms with Gasteiger partial charge in [-0.05, 0) is 24.6 Å². The number of rotatable bonds is 4. The first-order chi connectivity index (χ1) is 9.61. The summed E-state index contributed by atoms with van der Waals surface area (Å²) in [4.78, 5) is 10.5. The molecule has 0 radical (unpaired) electrons. The first kappa shape index (κ1) is 16.1. The van der Waals surface area contributed by atoms with Gasteiger partial charge in [-0.1, -0.05) is 11.6 Å². The highest BCUT2D eigenvalue weighted by Crippen LogP contribution is 2.35. The molecule has 21 heavy (non-hydrogen) atoms. The van der Waals surface area contributed by atoms with Crippen molar-refractivity contribution in [3.05, 3.63) is 28.8 Å². The van der Waals surface area contributed by atoms with Gasteiger partial charge in [0, 0.05) is 18.9 Å². The van der Waals surface area contributed by atoms with Crippen LogP contribution in [0.2, 0.25) is 5.02 Å². The Labute approximate surface area is 125 Å². The van der Waals surface area contributed by atoms with Crippen molar-refractivity contribution >= 4 is 27.6 Å². The van der Waals surface area contributed by atoms with Crippen LogP contribution in [0.15, 0.2) is 23.1 Å². The molecule has 0 amide bonds. The van der Waals surface area contributed by atoms with Gasteiger partial charge in [-0.3, -0.25) is 0 Å². The molecule has 1 fully saturated rings. The third-order valence-corrected chi connectivity index (χ3v) is 5.04. The molecule has 0 bridgehead atoms. The van der Waals surface area contributed by atoms with E-state index in [2.05, 4.69) is 4.72 Å². The molecule has 1 unspecified atom stereocenters. The fraction of sp³-hybridized carbons (Fsp3) is 0.417. The van der Waals surface area contributed by atoms with Gasteiger partial charge < -0.3 is 5.11 Å². The van der Waals surface area contributed by atoms with Crippen LogP contribution in [0.1, 0.15) is 29.6 Å². The van der Waals surface area contributed by atoms with Gasteiger partial charge in [0.2, 0.25) is 15.9 Å². The van der Waals surface area contributed by atoms with Gasteiger partial charge in [0.25, 0.3) is 0 Å². The van der Waals surface area contributed by atoms with Gasteiger partial charge in [0.05, 0.1) is 15.5 Å². The van der Waals surface area contributed by atoms with Crippen LogP contribution in [0.3, 0.4) is 0 Å². The van der Waals surface area contributed by atoms with E-state index in [-0.39, 0.29) is 28.3 Å². The molecular formula is C12H12ClF2NO4S. The van der Waals surface area contributed by atoms with E-state index in [9.17, 15) is 22.0 Å². The Balaban J connectivity index is 2.20. The zero-order chi connectivity index (χ0) is 15.8. The van der Waals surface area contributed by atoms with Crippen molar-refractivity contribution in [3.8, 4) is 0 Å². The summed E-state index contributed by atoms with van der Waals surface area (Å²) in [5, 5.41) is 8.58. The van der Waals surface area contributed by atoms with Crippen LogP contribution in [-0.2, 0) is 10.0 Å². The minimum absolute atomic E-state index is 0.0488. The average Bonchev–Trinajstić information content (AvgIpc) is 2.67. The van der Waals surface area contributed by atoms with Crippen LogP contribution in [0.25, 0.3) is 0 Å². The molecule has 1 aliphatic carbocycles. The van der Waals surface area contributed by atoms with Crippen molar-refractivity contribution in [2.45, 2.75) is 36.1 Å². The number of nitrogens with one attached hydrogen (secondary N) is 1. The highest BCUT2D eigenvalue weighted by Gasteiger charge is 2.41. The summed E-state index contributed by atoms with van der Waals surface area (Å²) in [7, 11) is -4.02. The van der Waals surface area contributed by atoms with E-state index in [0.29, 0.717) is 0 Å². The first-order valence-corrected chi connectivity index (χ1v) is 7.90. The van der Waals surface area contributed by atoms with Crippen molar-refractivity contribution in [3.63, 3.8) is 0 Å². The number of benzene rings is 1. The second-order valence-corrected chi connectivity index (χ2v) is 6.98. The highest BCUT2D eigenvalue weighted by molar-refractivity contribution is 7.89. The lowest BCUT2D eigenvalue weighted by Gasteiger charge is -2.14. The van der Waals surface area contributed by atoms with Crippen molar-refractivity contribution in [2.75, 3.05) is 0 Å². The number of sulfonamides is 1. The average molecular weight is 340 g/mol. The van der Waals surface area contributed by atoms with Gasteiger partial charge in [-0.25, -0.2) is 26.7 Å². The summed E-state index contributed by atoms with van der Waals surface area (Å²) in [6.07, 6.45) is -0.862. The Morgan fingerprint density at radius 1 is 1.43 bits per heavy atom. The lowest BCUT2D eigenvalue weighted by atomic mass is 10.2. The summed E-state index contributed by atoms with van der Waals surface area (Å²) < 4.78 is 52.4. The van der Waals surface area contributed by atoms with Gasteiger partial charge in [-0.15, -0.1) is 0 Å². The third-order valence-electron chi connectivity index (χ3n) is 3.21. The zero-order valence-corrected chi connectivity index (χ0v) is 12.2. The predicted molar refractivity (Wildman–Crippen MR) is 71.3 cm³/mol. The standard InChI is InChI=1S/C12H12ClF2NO4S/c13-10-5-8(1-2-9(10)11(17)18)21(19,20)16-7-3-4-12(14,15)6-7/h1-2,5,7,16H,3-4,6H2,(H,17,18). The number of carboxylic acids is 1.